The first-order valence-electron chi connectivity index (χ1n) is 8.56. The van der Waals surface area contributed by atoms with Crippen molar-refractivity contribution in [3.63, 3.8) is 0 Å². The van der Waals surface area contributed by atoms with Crippen molar-refractivity contribution in [3.8, 4) is 11.5 Å². The van der Waals surface area contributed by atoms with E-state index in [1.165, 1.54) is 19.5 Å². The number of rotatable bonds is 7. The summed E-state index contributed by atoms with van der Waals surface area (Å²) in [7, 11) is 1.51. The van der Waals surface area contributed by atoms with Crippen LogP contribution in [-0.2, 0) is 0 Å². The number of ether oxygens (including phenoxy) is 2. The third-order valence-electron chi connectivity index (χ3n) is 3.73. The van der Waals surface area contributed by atoms with E-state index in [-0.39, 0.29) is 5.69 Å². The molecule has 0 saturated carbocycles. The molecule has 0 aliphatic rings. The molecule has 1 aromatic heterocycles. The van der Waals surface area contributed by atoms with Gasteiger partial charge in [-0.05, 0) is 49.4 Å². The lowest BCUT2D eigenvalue weighted by molar-refractivity contribution is 0.102. The van der Waals surface area contributed by atoms with Crippen molar-refractivity contribution < 1.29 is 14.3 Å². The SMILES string of the molecule is CCOc1ccc(Nc2cnc(C(=O)Nc3cc(Cl)ccc3OC)cn2)cc1. The lowest BCUT2D eigenvalue weighted by atomic mass is 10.2. The Bertz CT molecular complexity index is 947. The zero-order chi connectivity index (χ0) is 19.9. The average molecular weight is 399 g/mol. The van der Waals surface area contributed by atoms with E-state index < -0.39 is 5.91 Å². The molecule has 0 unspecified atom stereocenters. The Morgan fingerprint density at radius 3 is 2.54 bits per heavy atom. The highest BCUT2D eigenvalue weighted by Crippen LogP contribution is 2.28. The minimum Gasteiger partial charge on any atom is -0.495 e. The number of carbonyl (C=O) groups is 1. The number of carbonyl (C=O) groups excluding carboxylic acids is 1. The molecule has 2 aromatic carbocycles. The summed E-state index contributed by atoms with van der Waals surface area (Å²) in [6, 6.07) is 12.4. The van der Waals surface area contributed by atoms with Gasteiger partial charge in [-0.15, -0.1) is 0 Å². The van der Waals surface area contributed by atoms with Gasteiger partial charge in [-0.2, -0.15) is 0 Å². The molecule has 144 valence electrons. The van der Waals surface area contributed by atoms with Crippen molar-refractivity contribution in [1.82, 2.24) is 9.97 Å². The van der Waals surface area contributed by atoms with Crippen LogP contribution in [0.3, 0.4) is 0 Å². The Balaban J connectivity index is 1.66. The molecule has 0 saturated heterocycles. The van der Waals surface area contributed by atoms with Gasteiger partial charge >= 0.3 is 0 Å². The van der Waals surface area contributed by atoms with Gasteiger partial charge in [-0.3, -0.25) is 4.79 Å². The third kappa shape index (κ3) is 4.89. The molecule has 0 radical (unpaired) electrons. The van der Waals surface area contributed by atoms with Crippen LogP contribution in [0, 0.1) is 0 Å². The summed E-state index contributed by atoms with van der Waals surface area (Å²) in [5.74, 6) is 1.39. The highest BCUT2D eigenvalue weighted by Gasteiger charge is 2.12. The van der Waals surface area contributed by atoms with Crippen LogP contribution in [-0.4, -0.2) is 29.6 Å². The van der Waals surface area contributed by atoms with E-state index in [2.05, 4.69) is 20.6 Å². The molecule has 0 bridgehead atoms. The van der Waals surface area contributed by atoms with Crippen LogP contribution in [0.5, 0.6) is 11.5 Å². The normalized spacial score (nSPS) is 10.2. The zero-order valence-corrected chi connectivity index (χ0v) is 16.2. The molecule has 0 spiro atoms. The largest absolute Gasteiger partial charge is 0.495 e. The van der Waals surface area contributed by atoms with Crippen molar-refractivity contribution in [1.29, 1.82) is 0 Å². The molecule has 2 N–H and O–H groups in total. The van der Waals surface area contributed by atoms with Gasteiger partial charge in [0, 0.05) is 10.7 Å². The van der Waals surface area contributed by atoms with Crippen molar-refractivity contribution in [3.05, 3.63) is 65.6 Å². The summed E-state index contributed by atoms with van der Waals surface area (Å²) < 4.78 is 10.6. The average Bonchev–Trinajstić information content (AvgIpc) is 2.70. The number of amides is 1. The van der Waals surface area contributed by atoms with Crippen LogP contribution in [0.2, 0.25) is 5.02 Å². The molecule has 1 amide bonds. The number of aromatic nitrogens is 2. The molecular weight excluding hydrogens is 380 g/mol. The topological polar surface area (TPSA) is 85.4 Å². The first kappa shape index (κ1) is 19.4. The molecule has 1 heterocycles. The van der Waals surface area contributed by atoms with Crippen LogP contribution >= 0.6 is 11.6 Å². The Hall–Kier alpha value is -3.32. The Morgan fingerprint density at radius 1 is 1.11 bits per heavy atom. The molecule has 0 atom stereocenters. The lowest BCUT2D eigenvalue weighted by Crippen LogP contribution is -2.15. The van der Waals surface area contributed by atoms with Crippen LogP contribution in [0.1, 0.15) is 17.4 Å². The van der Waals surface area contributed by atoms with E-state index >= 15 is 0 Å². The van der Waals surface area contributed by atoms with Gasteiger partial charge in [-0.25, -0.2) is 9.97 Å². The second-order valence-electron chi connectivity index (χ2n) is 5.67. The van der Waals surface area contributed by atoms with Crippen molar-refractivity contribution >= 4 is 34.7 Å². The first-order chi connectivity index (χ1) is 13.6. The fraction of sp³-hybridized carbons (Fsp3) is 0.150. The molecular formula is C20H19ClN4O3. The van der Waals surface area contributed by atoms with E-state index in [0.717, 1.165) is 11.4 Å². The first-order valence-corrected chi connectivity index (χ1v) is 8.93. The minimum atomic E-state index is -0.416. The number of nitrogens with zero attached hydrogens (tertiary/aromatic N) is 2. The predicted molar refractivity (Wildman–Crippen MR) is 109 cm³/mol. The van der Waals surface area contributed by atoms with Crippen LogP contribution < -0.4 is 20.1 Å². The van der Waals surface area contributed by atoms with Gasteiger partial charge in [0.2, 0.25) is 0 Å². The fourth-order valence-electron chi connectivity index (χ4n) is 2.42. The van der Waals surface area contributed by atoms with Gasteiger partial charge in [0.1, 0.15) is 23.0 Å². The number of hydrogen-bond donors (Lipinski definition) is 2. The maximum atomic E-state index is 12.4. The molecule has 8 heteroatoms. The lowest BCUT2D eigenvalue weighted by Gasteiger charge is -2.10. The van der Waals surface area contributed by atoms with Crippen LogP contribution in [0.25, 0.3) is 0 Å². The summed E-state index contributed by atoms with van der Waals surface area (Å²) in [5, 5.41) is 6.32. The number of hydrogen-bond acceptors (Lipinski definition) is 6. The maximum absolute atomic E-state index is 12.4. The molecule has 3 aromatic rings. The number of benzene rings is 2. The summed E-state index contributed by atoms with van der Waals surface area (Å²) in [4.78, 5) is 20.8. The smallest absolute Gasteiger partial charge is 0.275 e. The molecule has 0 fully saturated rings. The number of nitrogens with one attached hydrogen (secondary N) is 2. The Labute approximate surface area is 167 Å². The number of anilines is 3. The van der Waals surface area contributed by atoms with E-state index in [9.17, 15) is 4.79 Å². The molecule has 0 aliphatic carbocycles. The third-order valence-corrected chi connectivity index (χ3v) is 3.97. The van der Waals surface area contributed by atoms with E-state index in [4.69, 9.17) is 21.1 Å². The van der Waals surface area contributed by atoms with Gasteiger partial charge < -0.3 is 20.1 Å². The van der Waals surface area contributed by atoms with Gasteiger partial charge in [0.25, 0.3) is 5.91 Å². The van der Waals surface area contributed by atoms with Crippen molar-refractivity contribution in [2.75, 3.05) is 24.4 Å². The summed E-state index contributed by atoms with van der Waals surface area (Å²) in [6.07, 6.45) is 2.88. The fourth-order valence-corrected chi connectivity index (χ4v) is 2.60. The zero-order valence-electron chi connectivity index (χ0n) is 15.4. The highest BCUT2D eigenvalue weighted by atomic mass is 35.5. The molecule has 7 nitrogen and oxygen atoms in total. The maximum Gasteiger partial charge on any atom is 0.275 e. The Kier molecular flexibility index (Phi) is 6.29. The monoisotopic (exact) mass is 398 g/mol. The number of halogens is 1. The quantitative estimate of drug-likeness (QED) is 0.608. The van der Waals surface area contributed by atoms with Crippen molar-refractivity contribution in [2.45, 2.75) is 6.92 Å². The predicted octanol–water partition coefficient (Wildman–Crippen LogP) is 4.53. The van der Waals surface area contributed by atoms with E-state index in [1.54, 1.807) is 18.2 Å². The van der Waals surface area contributed by atoms with Crippen LogP contribution in [0.4, 0.5) is 17.2 Å². The second kappa shape index (κ2) is 9.05. The highest BCUT2D eigenvalue weighted by molar-refractivity contribution is 6.31. The van der Waals surface area contributed by atoms with E-state index in [0.29, 0.717) is 28.9 Å². The second-order valence-corrected chi connectivity index (χ2v) is 6.10. The van der Waals surface area contributed by atoms with Gasteiger partial charge in [-0.1, -0.05) is 11.6 Å². The molecule has 0 aliphatic heterocycles. The minimum absolute atomic E-state index is 0.166. The van der Waals surface area contributed by atoms with Crippen molar-refractivity contribution in [2.24, 2.45) is 0 Å². The van der Waals surface area contributed by atoms with Crippen LogP contribution in [0.15, 0.2) is 54.9 Å². The molecule has 3 rings (SSSR count). The van der Waals surface area contributed by atoms with Gasteiger partial charge in [0.05, 0.1) is 31.8 Å². The summed E-state index contributed by atoms with van der Waals surface area (Å²) >= 11 is 5.98. The summed E-state index contributed by atoms with van der Waals surface area (Å²) in [6.45, 7) is 2.55. The van der Waals surface area contributed by atoms with Gasteiger partial charge in [0.15, 0.2) is 0 Å². The summed E-state index contributed by atoms with van der Waals surface area (Å²) in [5.41, 5.74) is 1.45. The number of methoxy groups -OCH3 is 1. The Morgan fingerprint density at radius 2 is 1.89 bits per heavy atom. The standard InChI is InChI=1S/C20H19ClN4O3/c1-3-28-15-7-5-14(6-8-15)24-19-12-22-17(11-23-19)20(26)25-16-10-13(21)4-9-18(16)27-2/h4-12H,3H2,1-2H3,(H,23,24)(H,25,26). The van der Waals surface area contributed by atoms with E-state index in [1.807, 2.05) is 31.2 Å². The molecule has 28 heavy (non-hydrogen) atoms.